The predicted molar refractivity (Wildman–Crippen MR) is 71.0 cm³/mol. The van der Waals surface area contributed by atoms with Crippen LogP contribution < -0.4 is 10.2 Å². The highest BCUT2D eigenvalue weighted by molar-refractivity contribution is 5.33. The quantitative estimate of drug-likeness (QED) is 0.852. The maximum Gasteiger partial charge on any atom is 0.223 e. The molecule has 0 aliphatic carbocycles. The number of methoxy groups -OCH3 is 1. The number of ether oxygens (including phenoxy) is 1. The number of aromatic amines is 1. The minimum absolute atomic E-state index is 0.0168. The third-order valence-electron chi connectivity index (χ3n) is 3.49. The monoisotopic (exact) mass is 237 g/mol. The Morgan fingerprint density at radius 2 is 1.82 bits per heavy atom. The summed E-state index contributed by atoms with van der Waals surface area (Å²) in [6.45, 7) is 8.46. The maximum atomic E-state index is 12.0. The molecule has 1 aromatic heterocycles. The highest BCUT2D eigenvalue weighted by atomic mass is 16.5. The summed E-state index contributed by atoms with van der Waals surface area (Å²) in [7, 11) is 1.55. The number of rotatable bonds is 5. The van der Waals surface area contributed by atoms with Crippen molar-refractivity contribution in [1.82, 2.24) is 4.98 Å². The number of aromatic nitrogens is 1. The van der Waals surface area contributed by atoms with Gasteiger partial charge in [-0.05, 0) is 24.7 Å². The predicted octanol–water partition coefficient (Wildman–Crippen LogP) is 3.41. The molecule has 0 aliphatic heterocycles. The minimum Gasteiger partial charge on any atom is -0.491 e. The SMILES string of the molecule is CC[C@H](C)c1cc(=O)c(OC)c([C@@H](C)CC)[nH]1. The lowest BCUT2D eigenvalue weighted by Crippen LogP contribution is -2.15. The summed E-state index contributed by atoms with van der Waals surface area (Å²) >= 11 is 0. The second-order valence-electron chi connectivity index (χ2n) is 4.65. The van der Waals surface area contributed by atoms with E-state index in [1.807, 2.05) is 0 Å². The molecule has 17 heavy (non-hydrogen) atoms. The fourth-order valence-electron chi connectivity index (χ4n) is 1.83. The smallest absolute Gasteiger partial charge is 0.223 e. The molecule has 3 nitrogen and oxygen atoms in total. The molecule has 1 aromatic rings. The van der Waals surface area contributed by atoms with E-state index in [-0.39, 0.29) is 5.43 Å². The number of H-pyrrole nitrogens is 1. The Balaban J connectivity index is 3.33. The number of pyridine rings is 1. The lowest BCUT2D eigenvalue weighted by Gasteiger charge is -2.17. The van der Waals surface area contributed by atoms with Crippen LogP contribution in [0.5, 0.6) is 5.75 Å². The molecule has 3 heteroatoms. The number of hydrogen-bond acceptors (Lipinski definition) is 2. The average Bonchev–Trinajstić information content (AvgIpc) is 2.35. The van der Waals surface area contributed by atoms with E-state index in [1.165, 1.54) is 0 Å². The topological polar surface area (TPSA) is 42.1 Å². The molecule has 1 heterocycles. The maximum absolute atomic E-state index is 12.0. The Kier molecular flexibility index (Phi) is 4.79. The zero-order chi connectivity index (χ0) is 13.0. The highest BCUT2D eigenvalue weighted by Crippen LogP contribution is 2.26. The molecule has 0 saturated heterocycles. The molecular formula is C14H23NO2. The van der Waals surface area contributed by atoms with Crippen LogP contribution in [0.2, 0.25) is 0 Å². The van der Waals surface area contributed by atoms with E-state index >= 15 is 0 Å². The van der Waals surface area contributed by atoms with Gasteiger partial charge in [-0.3, -0.25) is 4.79 Å². The van der Waals surface area contributed by atoms with Crippen molar-refractivity contribution in [2.24, 2.45) is 0 Å². The van der Waals surface area contributed by atoms with Gasteiger partial charge in [-0.2, -0.15) is 0 Å². The van der Waals surface area contributed by atoms with E-state index in [0.29, 0.717) is 17.6 Å². The normalized spacial score (nSPS) is 14.4. The van der Waals surface area contributed by atoms with Crippen molar-refractivity contribution in [3.8, 4) is 5.75 Å². The van der Waals surface area contributed by atoms with E-state index in [0.717, 1.165) is 24.2 Å². The van der Waals surface area contributed by atoms with E-state index in [2.05, 4.69) is 32.7 Å². The summed E-state index contributed by atoms with van der Waals surface area (Å²) in [6.07, 6.45) is 2.00. The summed E-state index contributed by atoms with van der Waals surface area (Å²) in [4.78, 5) is 15.4. The van der Waals surface area contributed by atoms with Crippen molar-refractivity contribution in [1.29, 1.82) is 0 Å². The summed E-state index contributed by atoms with van der Waals surface area (Å²) < 4.78 is 5.22. The Bertz CT molecular complexity index is 423. The van der Waals surface area contributed by atoms with Crippen LogP contribution in [0, 0.1) is 0 Å². The summed E-state index contributed by atoms with van der Waals surface area (Å²) in [5, 5.41) is 0. The van der Waals surface area contributed by atoms with Crippen LogP contribution in [-0.2, 0) is 0 Å². The van der Waals surface area contributed by atoms with Crippen LogP contribution in [0.25, 0.3) is 0 Å². The molecule has 96 valence electrons. The fraction of sp³-hybridized carbons (Fsp3) is 0.643. The average molecular weight is 237 g/mol. The zero-order valence-corrected chi connectivity index (χ0v) is 11.5. The van der Waals surface area contributed by atoms with Crippen LogP contribution in [-0.4, -0.2) is 12.1 Å². The molecule has 0 fully saturated rings. The summed E-state index contributed by atoms with van der Waals surface area (Å²) in [5.74, 6) is 1.14. The van der Waals surface area contributed by atoms with E-state index in [1.54, 1.807) is 13.2 Å². The van der Waals surface area contributed by atoms with Gasteiger partial charge in [0.15, 0.2) is 5.75 Å². The first-order valence-corrected chi connectivity index (χ1v) is 6.36. The summed E-state index contributed by atoms with van der Waals surface area (Å²) in [6, 6.07) is 1.67. The molecule has 0 spiro atoms. The minimum atomic E-state index is -0.0168. The van der Waals surface area contributed by atoms with Crippen molar-refractivity contribution >= 4 is 0 Å². The molecule has 0 saturated carbocycles. The van der Waals surface area contributed by atoms with Crippen LogP contribution in [0.3, 0.4) is 0 Å². The first-order valence-electron chi connectivity index (χ1n) is 6.36. The fourth-order valence-corrected chi connectivity index (χ4v) is 1.83. The third-order valence-corrected chi connectivity index (χ3v) is 3.49. The number of hydrogen-bond donors (Lipinski definition) is 1. The van der Waals surface area contributed by atoms with Crippen LogP contribution in [0.15, 0.2) is 10.9 Å². The molecular weight excluding hydrogens is 214 g/mol. The zero-order valence-electron chi connectivity index (χ0n) is 11.5. The van der Waals surface area contributed by atoms with Crippen LogP contribution >= 0.6 is 0 Å². The Morgan fingerprint density at radius 3 is 2.29 bits per heavy atom. The van der Waals surface area contributed by atoms with Crippen molar-refractivity contribution in [3.05, 3.63) is 27.7 Å². The van der Waals surface area contributed by atoms with Gasteiger partial charge in [-0.15, -0.1) is 0 Å². The second kappa shape index (κ2) is 5.89. The lowest BCUT2D eigenvalue weighted by molar-refractivity contribution is 0.397. The Labute approximate surface area is 103 Å². The van der Waals surface area contributed by atoms with Gasteiger partial charge in [-0.25, -0.2) is 0 Å². The largest absolute Gasteiger partial charge is 0.491 e. The standard InChI is InChI=1S/C14H23NO2/c1-6-9(3)11-8-12(16)14(17-5)13(15-11)10(4)7-2/h8-10H,6-7H2,1-5H3,(H,15,16)/t9-,10-/m0/s1. The molecule has 0 aliphatic rings. The summed E-state index contributed by atoms with van der Waals surface area (Å²) in [5.41, 5.74) is 1.92. The van der Waals surface area contributed by atoms with E-state index < -0.39 is 0 Å². The Morgan fingerprint density at radius 1 is 1.24 bits per heavy atom. The van der Waals surface area contributed by atoms with Gasteiger partial charge in [-0.1, -0.05) is 27.7 Å². The van der Waals surface area contributed by atoms with Gasteiger partial charge in [0.1, 0.15) is 0 Å². The Hall–Kier alpha value is -1.25. The first-order chi connectivity index (χ1) is 8.04. The first kappa shape index (κ1) is 13.8. The van der Waals surface area contributed by atoms with Gasteiger partial charge in [0.2, 0.25) is 5.43 Å². The van der Waals surface area contributed by atoms with Crippen LogP contribution in [0.1, 0.15) is 63.8 Å². The molecule has 0 bridgehead atoms. The van der Waals surface area contributed by atoms with Crippen molar-refractivity contribution in [3.63, 3.8) is 0 Å². The van der Waals surface area contributed by atoms with Gasteiger partial charge in [0.05, 0.1) is 12.8 Å². The molecule has 1 rings (SSSR count). The highest BCUT2D eigenvalue weighted by Gasteiger charge is 2.16. The van der Waals surface area contributed by atoms with Crippen LogP contribution in [0.4, 0.5) is 0 Å². The molecule has 2 atom stereocenters. The molecule has 0 amide bonds. The second-order valence-corrected chi connectivity index (χ2v) is 4.65. The lowest BCUT2D eigenvalue weighted by atomic mass is 9.99. The molecule has 0 unspecified atom stereocenters. The van der Waals surface area contributed by atoms with Gasteiger partial charge >= 0.3 is 0 Å². The van der Waals surface area contributed by atoms with Gasteiger partial charge in [0.25, 0.3) is 0 Å². The molecule has 0 aromatic carbocycles. The molecule has 1 N–H and O–H groups in total. The van der Waals surface area contributed by atoms with Crippen molar-refractivity contribution in [2.75, 3.05) is 7.11 Å². The number of nitrogens with one attached hydrogen (secondary N) is 1. The molecule has 0 radical (unpaired) electrons. The van der Waals surface area contributed by atoms with Gasteiger partial charge in [0, 0.05) is 11.8 Å². The van der Waals surface area contributed by atoms with Crippen molar-refractivity contribution < 1.29 is 4.74 Å². The third kappa shape index (κ3) is 2.90. The van der Waals surface area contributed by atoms with E-state index in [9.17, 15) is 4.79 Å². The van der Waals surface area contributed by atoms with E-state index in [4.69, 9.17) is 4.74 Å². The van der Waals surface area contributed by atoms with Crippen molar-refractivity contribution in [2.45, 2.75) is 52.4 Å². The van der Waals surface area contributed by atoms with Gasteiger partial charge < -0.3 is 9.72 Å².